The van der Waals surface area contributed by atoms with Crippen molar-refractivity contribution in [3.63, 3.8) is 0 Å². The van der Waals surface area contributed by atoms with Crippen molar-refractivity contribution in [3.8, 4) is 16.9 Å². The van der Waals surface area contributed by atoms with Gasteiger partial charge in [0.25, 0.3) is 0 Å². The summed E-state index contributed by atoms with van der Waals surface area (Å²) < 4.78 is 34.5. The Morgan fingerprint density at radius 1 is 1.35 bits per heavy atom. The fourth-order valence-electron chi connectivity index (χ4n) is 3.56. The van der Waals surface area contributed by atoms with E-state index in [2.05, 4.69) is 4.98 Å². The first-order valence-electron chi connectivity index (χ1n) is 10.2. The summed E-state index contributed by atoms with van der Waals surface area (Å²) in [6.45, 7) is 5.23. The molecule has 0 bridgehead atoms. The molecule has 2 aromatic rings. The average molecular weight is 448 g/mol. The van der Waals surface area contributed by atoms with Gasteiger partial charge in [0.1, 0.15) is 16.7 Å². The number of carbonyl (C=O) groups is 1. The van der Waals surface area contributed by atoms with E-state index in [0.717, 1.165) is 11.1 Å². The number of aliphatic hydroxyl groups excluding tert-OH is 1. The van der Waals surface area contributed by atoms with Crippen LogP contribution in [0.4, 0.5) is 0 Å². The van der Waals surface area contributed by atoms with E-state index in [1.165, 1.54) is 17.3 Å². The molecule has 1 N–H and O–H groups in total. The number of rotatable bonds is 5. The molecule has 2 heterocycles. The Morgan fingerprint density at radius 2 is 2.10 bits per heavy atom. The number of hydrogen-bond donors (Lipinski definition) is 1. The predicted octanol–water partition coefficient (Wildman–Crippen LogP) is 2.00. The maximum Gasteiger partial charge on any atom is 0.247 e. The maximum atomic E-state index is 13.5. The van der Waals surface area contributed by atoms with Crippen molar-refractivity contribution in [1.82, 2.24) is 14.2 Å². The lowest BCUT2D eigenvalue weighted by Gasteiger charge is -2.37. The minimum Gasteiger partial charge on any atom is -0.487 e. The number of hydrogen-bond acceptors (Lipinski definition) is 6. The molecule has 0 aliphatic carbocycles. The van der Waals surface area contributed by atoms with Gasteiger partial charge in [-0.3, -0.25) is 9.78 Å². The molecule has 1 aromatic heterocycles. The number of carbonyl (C=O) groups excluding carboxylic acids is 1. The van der Waals surface area contributed by atoms with Crippen LogP contribution in [0, 0.1) is 5.92 Å². The first kappa shape index (κ1) is 23.2. The monoisotopic (exact) mass is 447 g/mol. The van der Waals surface area contributed by atoms with E-state index in [1.54, 1.807) is 49.5 Å². The van der Waals surface area contributed by atoms with E-state index in [4.69, 9.17) is 4.74 Å². The van der Waals surface area contributed by atoms with Gasteiger partial charge in [0.15, 0.2) is 0 Å². The topological polar surface area (TPSA) is 100 Å². The number of nitrogens with zero attached hydrogens (tertiary/aromatic N) is 3. The van der Waals surface area contributed by atoms with Gasteiger partial charge < -0.3 is 14.7 Å². The zero-order valence-corrected chi connectivity index (χ0v) is 19.0. The molecule has 0 unspecified atom stereocenters. The second-order valence-corrected chi connectivity index (χ2v) is 9.90. The Labute approximate surface area is 183 Å². The Hall–Kier alpha value is -2.49. The fourth-order valence-corrected chi connectivity index (χ4v) is 5.38. The lowest BCUT2D eigenvalue weighted by molar-refractivity contribution is -0.129. The van der Waals surface area contributed by atoms with Crippen molar-refractivity contribution in [2.45, 2.75) is 37.8 Å². The Morgan fingerprint density at radius 3 is 2.71 bits per heavy atom. The van der Waals surface area contributed by atoms with Crippen LogP contribution in [0.1, 0.15) is 20.8 Å². The van der Waals surface area contributed by atoms with E-state index >= 15 is 0 Å². The molecule has 0 saturated heterocycles. The molecule has 0 spiro atoms. The second kappa shape index (κ2) is 9.33. The molecule has 1 aromatic carbocycles. The van der Waals surface area contributed by atoms with Crippen LogP contribution in [0.3, 0.4) is 0 Å². The molecule has 1 aliphatic rings. The van der Waals surface area contributed by atoms with Crippen molar-refractivity contribution < 1.29 is 23.1 Å². The SMILES string of the molecule is CC(=O)N(C)C[C@@H]1Oc2cc(-c3cccnc3)ccc2S(=O)(=O)N([C@@H](C)CO)C[C@@H]1C. The van der Waals surface area contributed by atoms with Crippen LogP contribution in [-0.4, -0.2) is 72.5 Å². The number of pyridine rings is 1. The Kier molecular flexibility index (Phi) is 6.98. The molecule has 0 fully saturated rings. The van der Waals surface area contributed by atoms with E-state index in [0.29, 0.717) is 6.54 Å². The quantitative estimate of drug-likeness (QED) is 0.753. The number of fused-ring (bicyclic) bond motifs is 1. The van der Waals surface area contributed by atoms with Crippen LogP contribution in [0.15, 0.2) is 47.6 Å². The molecule has 0 saturated carbocycles. The Bertz CT molecular complexity index is 1030. The smallest absolute Gasteiger partial charge is 0.247 e. The van der Waals surface area contributed by atoms with Gasteiger partial charge in [0, 0.05) is 50.4 Å². The molecule has 3 rings (SSSR count). The van der Waals surface area contributed by atoms with Gasteiger partial charge in [-0.1, -0.05) is 19.1 Å². The van der Waals surface area contributed by atoms with Crippen LogP contribution in [0.2, 0.25) is 0 Å². The molecule has 3 atom stereocenters. The third-order valence-corrected chi connectivity index (χ3v) is 7.67. The van der Waals surface area contributed by atoms with Gasteiger partial charge in [-0.2, -0.15) is 4.31 Å². The average Bonchev–Trinajstić information content (AvgIpc) is 2.75. The Balaban J connectivity index is 2.13. The van der Waals surface area contributed by atoms with Crippen molar-refractivity contribution in [2.24, 2.45) is 5.92 Å². The molecule has 1 amide bonds. The summed E-state index contributed by atoms with van der Waals surface area (Å²) in [5.41, 5.74) is 1.61. The summed E-state index contributed by atoms with van der Waals surface area (Å²) in [6.07, 6.45) is 2.94. The zero-order valence-electron chi connectivity index (χ0n) is 18.2. The molecule has 9 heteroatoms. The number of aromatic nitrogens is 1. The number of benzene rings is 1. The highest BCUT2D eigenvalue weighted by atomic mass is 32.2. The summed E-state index contributed by atoms with van der Waals surface area (Å²) in [6, 6.07) is 8.05. The van der Waals surface area contributed by atoms with Gasteiger partial charge in [-0.25, -0.2) is 8.42 Å². The first-order valence-corrected chi connectivity index (χ1v) is 11.6. The number of sulfonamides is 1. The molecule has 1 aliphatic heterocycles. The second-order valence-electron chi connectivity index (χ2n) is 8.04. The summed E-state index contributed by atoms with van der Waals surface area (Å²) >= 11 is 0. The van der Waals surface area contributed by atoms with Crippen LogP contribution >= 0.6 is 0 Å². The van der Waals surface area contributed by atoms with Crippen molar-refractivity contribution in [3.05, 3.63) is 42.7 Å². The van der Waals surface area contributed by atoms with E-state index in [9.17, 15) is 18.3 Å². The predicted molar refractivity (Wildman–Crippen MR) is 117 cm³/mol. The van der Waals surface area contributed by atoms with Gasteiger partial charge in [0.2, 0.25) is 15.9 Å². The number of amides is 1. The van der Waals surface area contributed by atoms with E-state index in [-0.39, 0.29) is 35.6 Å². The number of aliphatic hydroxyl groups is 1. The van der Waals surface area contributed by atoms with E-state index < -0.39 is 22.2 Å². The van der Waals surface area contributed by atoms with Gasteiger partial charge in [-0.15, -0.1) is 0 Å². The minimum absolute atomic E-state index is 0.0443. The lowest BCUT2D eigenvalue weighted by Crippen LogP contribution is -2.50. The summed E-state index contributed by atoms with van der Waals surface area (Å²) in [7, 11) is -2.21. The van der Waals surface area contributed by atoms with Crippen molar-refractivity contribution in [2.75, 3.05) is 26.7 Å². The third kappa shape index (κ3) is 4.89. The summed E-state index contributed by atoms with van der Waals surface area (Å²) in [5.74, 6) is -0.0961. The largest absolute Gasteiger partial charge is 0.487 e. The van der Waals surface area contributed by atoms with E-state index in [1.807, 2.05) is 13.0 Å². The molecule has 31 heavy (non-hydrogen) atoms. The van der Waals surface area contributed by atoms with Gasteiger partial charge in [0.05, 0.1) is 13.2 Å². The molecular weight excluding hydrogens is 418 g/mol. The van der Waals surface area contributed by atoms with Crippen LogP contribution < -0.4 is 4.74 Å². The normalized spacial score (nSPS) is 21.8. The fraction of sp³-hybridized carbons (Fsp3) is 0.455. The minimum atomic E-state index is -3.90. The van der Waals surface area contributed by atoms with Crippen molar-refractivity contribution >= 4 is 15.9 Å². The first-order chi connectivity index (χ1) is 14.6. The van der Waals surface area contributed by atoms with Gasteiger partial charge >= 0.3 is 0 Å². The zero-order chi connectivity index (χ0) is 22.8. The van der Waals surface area contributed by atoms with Crippen molar-refractivity contribution in [1.29, 1.82) is 0 Å². The number of ether oxygens (including phenoxy) is 1. The third-order valence-electron chi connectivity index (χ3n) is 5.65. The van der Waals surface area contributed by atoms with Crippen LogP contribution in [0.25, 0.3) is 11.1 Å². The summed E-state index contributed by atoms with van der Waals surface area (Å²) in [4.78, 5) is 17.5. The highest BCUT2D eigenvalue weighted by Gasteiger charge is 2.38. The maximum absolute atomic E-state index is 13.5. The standard InChI is InChI=1S/C22H29N3O5S/c1-15-12-25(16(2)14-26)31(28,29)22-8-7-18(19-6-5-9-23-11-19)10-20(22)30-21(15)13-24(4)17(3)27/h5-11,15-16,21,26H,12-14H2,1-4H3/t15-,16-,21-/m0/s1. The molecule has 8 nitrogen and oxygen atoms in total. The van der Waals surface area contributed by atoms with Gasteiger partial charge in [-0.05, 0) is 30.7 Å². The van der Waals surface area contributed by atoms with Crippen LogP contribution in [0.5, 0.6) is 5.75 Å². The molecule has 168 valence electrons. The number of likely N-dealkylation sites (N-methyl/N-ethyl adjacent to an activating group) is 1. The lowest BCUT2D eigenvalue weighted by atomic mass is 10.0. The molecular formula is C22H29N3O5S. The van der Waals surface area contributed by atoms with Crippen LogP contribution in [-0.2, 0) is 14.8 Å². The highest BCUT2D eigenvalue weighted by molar-refractivity contribution is 7.89. The molecule has 0 radical (unpaired) electrons. The highest BCUT2D eigenvalue weighted by Crippen LogP contribution is 2.36. The summed E-state index contributed by atoms with van der Waals surface area (Å²) in [5, 5.41) is 9.70.